The average molecular weight is 475 g/mol. The smallest absolute Gasteiger partial charge is 0.256 e. The highest BCUT2D eigenvalue weighted by Gasteiger charge is 2.28. The van der Waals surface area contributed by atoms with E-state index in [-0.39, 0.29) is 23.5 Å². The largest absolute Gasteiger partial charge is 0.379 e. The van der Waals surface area contributed by atoms with Crippen molar-refractivity contribution in [3.63, 3.8) is 0 Å². The van der Waals surface area contributed by atoms with Crippen LogP contribution in [-0.2, 0) is 14.8 Å². The molecule has 4 rings (SSSR count). The summed E-state index contributed by atoms with van der Waals surface area (Å²) in [4.78, 5) is 13.2. The number of nitrogens with one attached hydrogen (secondary N) is 1. The lowest BCUT2D eigenvalue weighted by molar-refractivity contribution is 0.0730. The maximum Gasteiger partial charge on any atom is 0.256 e. The van der Waals surface area contributed by atoms with E-state index in [4.69, 9.17) is 16.3 Å². The summed E-state index contributed by atoms with van der Waals surface area (Å²) in [6, 6.07) is 13.5. The van der Waals surface area contributed by atoms with Crippen LogP contribution in [0.15, 0.2) is 53.4 Å². The summed E-state index contributed by atoms with van der Waals surface area (Å²) in [5.74, 6) is 0.0135. The van der Waals surface area contributed by atoms with Gasteiger partial charge in [-0.25, -0.2) is 13.1 Å². The van der Waals surface area contributed by atoms with E-state index >= 15 is 0 Å². The number of ether oxygens (including phenoxy) is 1. The molecular weight excluding hydrogens is 452 g/mol. The number of hydrogen-bond donors (Lipinski definition) is 1. The first-order valence-corrected chi connectivity index (χ1v) is 11.9. The molecule has 0 radical (unpaired) electrons. The summed E-state index contributed by atoms with van der Waals surface area (Å²) >= 11 is 6.10. The minimum absolute atomic E-state index is 0.117. The van der Waals surface area contributed by atoms with Gasteiger partial charge >= 0.3 is 0 Å². The molecule has 1 N–H and O–H groups in total. The monoisotopic (exact) mass is 474 g/mol. The molecule has 1 amide bonds. The number of morpholine rings is 1. The number of carbonyl (C=O) groups is 1. The second kappa shape index (κ2) is 9.03. The number of aromatic nitrogens is 2. The molecule has 1 fully saturated rings. The molecule has 3 aromatic rings. The maximum atomic E-state index is 13.1. The molecule has 0 saturated carbocycles. The van der Waals surface area contributed by atoms with Gasteiger partial charge in [0.1, 0.15) is 5.82 Å². The fourth-order valence-corrected chi connectivity index (χ4v) is 5.37. The second-order valence-electron chi connectivity index (χ2n) is 7.51. The van der Waals surface area contributed by atoms with Crippen LogP contribution in [0.5, 0.6) is 0 Å². The van der Waals surface area contributed by atoms with Gasteiger partial charge in [-0.2, -0.15) is 9.40 Å². The number of aryl methyl sites for hydroxylation is 2. The standard InChI is InChI=1S/C22H23ClN4O4S/c1-15-6-7-17(13-20(15)32(29,30)26-8-10-31-11-9-26)22(28)24-21-12-16(2)25-27(21)19-5-3-4-18(23)14-19/h3-7,12-14H,8-11H2,1-2H3,(H,24,28). The first-order valence-electron chi connectivity index (χ1n) is 10.1. The second-order valence-corrected chi connectivity index (χ2v) is 9.86. The molecule has 0 unspecified atom stereocenters. The van der Waals surface area contributed by atoms with Crippen LogP contribution in [0.2, 0.25) is 5.02 Å². The fourth-order valence-electron chi connectivity index (χ4n) is 3.53. The molecular formula is C22H23ClN4O4S. The minimum Gasteiger partial charge on any atom is -0.379 e. The SMILES string of the molecule is Cc1cc(NC(=O)c2ccc(C)c(S(=O)(=O)N3CCOCC3)c2)n(-c2cccc(Cl)c2)n1. The molecule has 2 aromatic carbocycles. The molecule has 2 heterocycles. The van der Waals surface area contributed by atoms with E-state index in [9.17, 15) is 13.2 Å². The number of carbonyl (C=O) groups excluding carboxylic acids is 1. The van der Waals surface area contributed by atoms with E-state index in [1.807, 2.05) is 13.0 Å². The van der Waals surface area contributed by atoms with Crippen molar-refractivity contribution in [3.05, 3.63) is 70.4 Å². The lowest BCUT2D eigenvalue weighted by Gasteiger charge is -2.26. The number of sulfonamides is 1. The molecule has 1 aromatic heterocycles. The van der Waals surface area contributed by atoms with Crippen LogP contribution >= 0.6 is 11.6 Å². The van der Waals surface area contributed by atoms with Crippen molar-refractivity contribution in [3.8, 4) is 5.69 Å². The summed E-state index contributed by atoms with van der Waals surface area (Å²) in [5.41, 5.74) is 2.21. The highest BCUT2D eigenvalue weighted by molar-refractivity contribution is 7.89. The summed E-state index contributed by atoms with van der Waals surface area (Å²) in [7, 11) is -3.73. The van der Waals surface area contributed by atoms with Crippen molar-refractivity contribution in [1.82, 2.24) is 14.1 Å². The highest BCUT2D eigenvalue weighted by Crippen LogP contribution is 2.24. The Kier molecular flexibility index (Phi) is 6.34. The van der Waals surface area contributed by atoms with Crippen molar-refractivity contribution in [2.45, 2.75) is 18.7 Å². The first-order chi connectivity index (χ1) is 15.3. The number of nitrogens with zero attached hydrogens (tertiary/aromatic N) is 3. The minimum atomic E-state index is -3.73. The number of anilines is 1. The molecule has 0 atom stereocenters. The third kappa shape index (κ3) is 4.56. The van der Waals surface area contributed by atoms with Gasteiger partial charge in [0.2, 0.25) is 10.0 Å². The van der Waals surface area contributed by atoms with Crippen LogP contribution < -0.4 is 5.32 Å². The van der Waals surface area contributed by atoms with Crippen molar-refractivity contribution in [1.29, 1.82) is 0 Å². The summed E-state index contributed by atoms with van der Waals surface area (Å²) in [5, 5.41) is 7.81. The van der Waals surface area contributed by atoms with Gasteiger partial charge in [0, 0.05) is 29.7 Å². The molecule has 1 aliphatic heterocycles. The Morgan fingerprint density at radius 3 is 2.56 bits per heavy atom. The van der Waals surface area contributed by atoms with Gasteiger partial charge in [-0.3, -0.25) is 4.79 Å². The number of rotatable bonds is 5. The normalized spacial score (nSPS) is 15.0. The highest BCUT2D eigenvalue weighted by atomic mass is 35.5. The van der Waals surface area contributed by atoms with Crippen molar-refractivity contribution >= 4 is 33.3 Å². The Morgan fingerprint density at radius 1 is 1.09 bits per heavy atom. The molecule has 10 heteroatoms. The molecule has 0 spiro atoms. The van der Waals surface area contributed by atoms with Gasteiger partial charge in [-0.15, -0.1) is 0 Å². The summed E-state index contributed by atoms with van der Waals surface area (Å²) in [6.45, 7) is 4.81. The molecule has 0 bridgehead atoms. The number of benzene rings is 2. The lowest BCUT2D eigenvalue weighted by Crippen LogP contribution is -2.40. The molecule has 32 heavy (non-hydrogen) atoms. The van der Waals surface area contributed by atoms with E-state index in [0.717, 1.165) is 0 Å². The van der Waals surface area contributed by atoms with Crippen molar-refractivity contribution in [2.24, 2.45) is 0 Å². The molecule has 1 saturated heterocycles. The van der Waals surface area contributed by atoms with Crippen LogP contribution in [0, 0.1) is 13.8 Å². The zero-order valence-corrected chi connectivity index (χ0v) is 19.3. The molecule has 168 valence electrons. The maximum absolute atomic E-state index is 13.1. The van der Waals surface area contributed by atoms with E-state index in [1.165, 1.54) is 10.4 Å². The summed E-state index contributed by atoms with van der Waals surface area (Å²) < 4.78 is 34.5. The average Bonchev–Trinajstić information content (AvgIpc) is 3.14. The van der Waals surface area contributed by atoms with Crippen LogP contribution in [0.3, 0.4) is 0 Å². The van der Waals surface area contributed by atoms with Gasteiger partial charge in [0.25, 0.3) is 5.91 Å². The Labute approximate surface area is 191 Å². The van der Waals surface area contributed by atoms with Gasteiger partial charge in [0.15, 0.2) is 0 Å². The third-order valence-electron chi connectivity index (χ3n) is 5.16. The Bertz CT molecular complexity index is 1270. The van der Waals surface area contributed by atoms with Crippen LogP contribution in [0.1, 0.15) is 21.6 Å². The quantitative estimate of drug-likeness (QED) is 0.611. The third-order valence-corrected chi connectivity index (χ3v) is 7.44. The van der Waals surface area contributed by atoms with Gasteiger partial charge in [0.05, 0.1) is 29.5 Å². The number of halogens is 1. The molecule has 1 aliphatic rings. The lowest BCUT2D eigenvalue weighted by atomic mass is 10.1. The van der Waals surface area contributed by atoms with E-state index in [0.29, 0.717) is 41.0 Å². The van der Waals surface area contributed by atoms with Crippen LogP contribution in [-0.4, -0.2) is 54.7 Å². The van der Waals surface area contributed by atoms with Crippen LogP contribution in [0.4, 0.5) is 5.82 Å². The van der Waals surface area contributed by atoms with Gasteiger partial charge in [-0.1, -0.05) is 23.7 Å². The van der Waals surface area contributed by atoms with E-state index in [1.54, 1.807) is 48.0 Å². The topological polar surface area (TPSA) is 93.5 Å². The van der Waals surface area contributed by atoms with E-state index < -0.39 is 15.9 Å². The zero-order chi connectivity index (χ0) is 22.9. The van der Waals surface area contributed by atoms with Gasteiger partial charge in [-0.05, 0) is 49.7 Å². The van der Waals surface area contributed by atoms with E-state index in [2.05, 4.69) is 10.4 Å². The summed E-state index contributed by atoms with van der Waals surface area (Å²) in [6.07, 6.45) is 0. The van der Waals surface area contributed by atoms with Gasteiger partial charge < -0.3 is 10.1 Å². The van der Waals surface area contributed by atoms with Crippen molar-refractivity contribution < 1.29 is 17.9 Å². The van der Waals surface area contributed by atoms with Crippen LogP contribution in [0.25, 0.3) is 5.69 Å². The number of amides is 1. The fraction of sp³-hybridized carbons (Fsp3) is 0.273. The zero-order valence-electron chi connectivity index (χ0n) is 17.7. The predicted molar refractivity (Wildman–Crippen MR) is 122 cm³/mol. The Hall–Kier alpha value is -2.72. The predicted octanol–water partition coefficient (Wildman–Crippen LogP) is 3.42. The molecule has 0 aliphatic carbocycles. The number of hydrogen-bond acceptors (Lipinski definition) is 5. The molecule has 8 nitrogen and oxygen atoms in total. The Balaban J connectivity index is 1.64. The van der Waals surface area contributed by atoms with Crippen molar-refractivity contribution in [2.75, 3.05) is 31.6 Å². The Morgan fingerprint density at radius 2 is 1.84 bits per heavy atom. The first kappa shape index (κ1) is 22.5.